The van der Waals surface area contributed by atoms with E-state index in [1.807, 2.05) is 47.6 Å². The van der Waals surface area contributed by atoms with Crippen LogP contribution in [-0.4, -0.2) is 17.0 Å². The number of halogens is 1. The minimum Gasteiger partial charge on any atom is -0.355 e. The summed E-state index contributed by atoms with van der Waals surface area (Å²) >= 11 is 0. The van der Waals surface area contributed by atoms with Crippen molar-refractivity contribution in [3.63, 3.8) is 0 Å². The smallest absolute Gasteiger partial charge is 0.274 e. The molecule has 2 heterocycles. The summed E-state index contributed by atoms with van der Waals surface area (Å²) in [6, 6.07) is 15.7. The molecule has 0 fully saturated rings. The summed E-state index contributed by atoms with van der Waals surface area (Å²) in [4.78, 5) is 16.1. The Morgan fingerprint density at radius 2 is 1.70 bits per heavy atom. The van der Waals surface area contributed by atoms with Gasteiger partial charge in [0.15, 0.2) is 6.17 Å². The summed E-state index contributed by atoms with van der Waals surface area (Å²) in [7, 11) is 0. The van der Waals surface area contributed by atoms with Crippen LogP contribution in [0.5, 0.6) is 0 Å². The van der Waals surface area contributed by atoms with Crippen LogP contribution in [0.2, 0.25) is 0 Å². The van der Waals surface area contributed by atoms with Gasteiger partial charge in [0, 0.05) is 24.3 Å². The molecule has 0 spiro atoms. The lowest BCUT2D eigenvalue weighted by Crippen LogP contribution is -2.50. The number of carbonyl (C=O) groups is 1. The van der Waals surface area contributed by atoms with Gasteiger partial charge in [0.1, 0.15) is 5.82 Å². The van der Waals surface area contributed by atoms with E-state index in [1.165, 1.54) is 17.0 Å². The van der Waals surface area contributed by atoms with E-state index in [1.54, 1.807) is 18.3 Å². The molecule has 4 nitrogen and oxygen atoms in total. The van der Waals surface area contributed by atoms with Gasteiger partial charge in [-0.05, 0) is 29.8 Å². The van der Waals surface area contributed by atoms with Crippen LogP contribution in [0.4, 0.5) is 10.1 Å². The molecular formula is C18H14FN3O. The van der Waals surface area contributed by atoms with Gasteiger partial charge in [-0.2, -0.15) is 0 Å². The second-order valence-corrected chi connectivity index (χ2v) is 5.39. The SMILES string of the molecule is O=C1C2NC(c3ccccc3)=CN2C=CN1c1ccc(F)cc1. The Bertz CT molecular complexity index is 799. The molecule has 4 rings (SSSR count). The fourth-order valence-electron chi connectivity index (χ4n) is 2.74. The van der Waals surface area contributed by atoms with Crippen molar-refractivity contribution < 1.29 is 9.18 Å². The quantitative estimate of drug-likeness (QED) is 0.926. The van der Waals surface area contributed by atoms with E-state index in [0.29, 0.717) is 5.69 Å². The van der Waals surface area contributed by atoms with Crippen molar-refractivity contribution in [2.45, 2.75) is 6.17 Å². The first kappa shape index (κ1) is 13.6. The summed E-state index contributed by atoms with van der Waals surface area (Å²) < 4.78 is 13.1. The summed E-state index contributed by atoms with van der Waals surface area (Å²) in [5.41, 5.74) is 2.56. The molecule has 114 valence electrons. The van der Waals surface area contributed by atoms with E-state index < -0.39 is 6.17 Å². The molecular weight excluding hydrogens is 293 g/mol. The molecule has 1 atom stereocenters. The zero-order valence-corrected chi connectivity index (χ0v) is 12.2. The van der Waals surface area contributed by atoms with Gasteiger partial charge >= 0.3 is 0 Å². The maximum absolute atomic E-state index is 13.1. The lowest BCUT2D eigenvalue weighted by Gasteiger charge is -2.31. The molecule has 2 aliphatic heterocycles. The third-order valence-electron chi connectivity index (χ3n) is 3.92. The number of amides is 1. The van der Waals surface area contributed by atoms with Crippen LogP contribution < -0.4 is 10.2 Å². The molecule has 23 heavy (non-hydrogen) atoms. The summed E-state index contributed by atoms with van der Waals surface area (Å²) in [6.07, 6.45) is 4.95. The Morgan fingerprint density at radius 1 is 0.957 bits per heavy atom. The number of hydrogen-bond donors (Lipinski definition) is 1. The molecule has 1 amide bonds. The third kappa shape index (κ3) is 2.36. The van der Waals surface area contributed by atoms with Gasteiger partial charge in [0.25, 0.3) is 5.91 Å². The first-order valence-electron chi connectivity index (χ1n) is 7.30. The highest BCUT2D eigenvalue weighted by atomic mass is 19.1. The maximum atomic E-state index is 13.1. The number of nitrogens with zero attached hydrogens (tertiary/aromatic N) is 2. The molecule has 0 bridgehead atoms. The van der Waals surface area contributed by atoms with Crippen molar-refractivity contribution in [2.75, 3.05) is 4.90 Å². The molecule has 2 aromatic carbocycles. The minimum atomic E-state index is -0.486. The Morgan fingerprint density at radius 3 is 2.43 bits per heavy atom. The number of benzene rings is 2. The second-order valence-electron chi connectivity index (χ2n) is 5.39. The zero-order chi connectivity index (χ0) is 15.8. The van der Waals surface area contributed by atoms with Gasteiger partial charge in [0.05, 0.1) is 5.70 Å². The highest BCUT2D eigenvalue weighted by molar-refractivity contribution is 6.01. The molecule has 1 unspecified atom stereocenters. The van der Waals surface area contributed by atoms with Crippen LogP contribution in [0.1, 0.15) is 5.56 Å². The van der Waals surface area contributed by atoms with Gasteiger partial charge in [0.2, 0.25) is 0 Å². The number of nitrogens with one attached hydrogen (secondary N) is 1. The van der Waals surface area contributed by atoms with Crippen molar-refractivity contribution in [3.05, 3.63) is 84.6 Å². The molecule has 0 aromatic heterocycles. The van der Waals surface area contributed by atoms with E-state index >= 15 is 0 Å². The van der Waals surface area contributed by atoms with Crippen molar-refractivity contribution in [2.24, 2.45) is 0 Å². The summed E-state index contributed by atoms with van der Waals surface area (Å²) in [5, 5.41) is 3.24. The van der Waals surface area contributed by atoms with Gasteiger partial charge in [-0.3, -0.25) is 9.69 Å². The van der Waals surface area contributed by atoms with E-state index in [9.17, 15) is 9.18 Å². The van der Waals surface area contributed by atoms with E-state index in [-0.39, 0.29) is 11.7 Å². The average Bonchev–Trinajstić information content (AvgIpc) is 3.02. The van der Waals surface area contributed by atoms with Crippen molar-refractivity contribution >= 4 is 17.3 Å². The van der Waals surface area contributed by atoms with Crippen LogP contribution in [0.3, 0.4) is 0 Å². The molecule has 0 radical (unpaired) electrons. The number of anilines is 1. The highest BCUT2D eigenvalue weighted by Gasteiger charge is 2.35. The fraction of sp³-hybridized carbons (Fsp3) is 0.0556. The lowest BCUT2D eigenvalue weighted by molar-refractivity contribution is -0.122. The molecule has 0 saturated carbocycles. The fourth-order valence-corrected chi connectivity index (χ4v) is 2.74. The Labute approximate surface area is 133 Å². The van der Waals surface area contributed by atoms with E-state index in [0.717, 1.165) is 11.3 Å². The average molecular weight is 307 g/mol. The third-order valence-corrected chi connectivity index (χ3v) is 3.92. The van der Waals surface area contributed by atoms with Crippen LogP contribution in [0, 0.1) is 5.82 Å². The lowest BCUT2D eigenvalue weighted by atomic mass is 10.2. The van der Waals surface area contributed by atoms with Crippen LogP contribution in [0.25, 0.3) is 5.70 Å². The van der Waals surface area contributed by atoms with E-state index in [4.69, 9.17) is 0 Å². The molecule has 0 saturated heterocycles. The zero-order valence-electron chi connectivity index (χ0n) is 12.2. The predicted molar refractivity (Wildman–Crippen MR) is 86.2 cm³/mol. The van der Waals surface area contributed by atoms with Gasteiger partial charge in [-0.25, -0.2) is 4.39 Å². The van der Waals surface area contributed by atoms with Gasteiger partial charge in [-0.1, -0.05) is 30.3 Å². The number of rotatable bonds is 2. The molecule has 1 N–H and O–H groups in total. The molecule has 0 aliphatic carbocycles. The second kappa shape index (κ2) is 5.28. The van der Waals surface area contributed by atoms with E-state index in [2.05, 4.69) is 5.32 Å². The monoisotopic (exact) mass is 307 g/mol. The largest absolute Gasteiger partial charge is 0.355 e. The topological polar surface area (TPSA) is 35.6 Å². The standard InChI is InChI=1S/C18H14FN3O/c19-14-6-8-15(9-7-14)22-11-10-21-12-16(20-17(21)18(22)23)13-4-2-1-3-5-13/h1-12,17,20H. The highest BCUT2D eigenvalue weighted by Crippen LogP contribution is 2.27. The molecule has 2 aliphatic rings. The normalized spacial score (nSPS) is 19.4. The Balaban J connectivity index is 1.59. The van der Waals surface area contributed by atoms with Crippen molar-refractivity contribution in [3.8, 4) is 0 Å². The summed E-state index contributed by atoms with van der Waals surface area (Å²) in [5.74, 6) is -0.433. The van der Waals surface area contributed by atoms with Gasteiger partial charge < -0.3 is 10.2 Å². The number of fused-ring (bicyclic) bond motifs is 1. The van der Waals surface area contributed by atoms with Crippen LogP contribution in [0.15, 0.2) is 73.2 Å². The minimum absolute atomic E-state index is 0.110. The maximum Gasteiger partial charge on any atom is 0.274 e. The Kier molecular flexibility index (Phi) is 3.12. The van der Waals surface area contributed by atoms with Crippen LogP contribution >= 0.6 is 0 Å². The molecule has 5 heteroatoms. The van der Waals surface area contributed by atoms with Crippen LogP contribution in [-0.2, 0) is 4.79 Å². The Hall–Kier alpha value is -3.08. The summed E-state index contributed by atoms with van der Waals surface area (Å²) in [6.45, 7) is 0. The predicted octanol–water partition coefficient (Wildman–Crippen LogP) is 2.87. The molecule has 2 aromatic rings. The first-order valence-corrected chi connectivity index (χ1v) is 7.30. The van der Waals surface area contributed by atoms with Crippen molar-refractivity contribution in [1.82, 2.24) is 10.2 Å². The van der Waals surface area contributed by atoms with Crippen molar-refractivity contribution in [1.29, 1.82) is 0 Å². The van der Waals surface area contributed by atoms with Gasteiger partial charge in [-0.15, -0.1) is 0 Å². The first-order chi connectivity index (χ1) is 11.2. The number of carbonyl (C=O) groups excluding carboxylic acids is 1. The number of hydrogen-bond acceptors (Lipinski definition) is 3.